The Bertz CT molecular complexity index is 67.5. The van der Waals surface area contributed by atoms with Crippen molar-refractivity contribution in [2.45, 2.75) is 16.1 Å². The Morgan fingerprint density at radius 1 is 1.12 bits per heavy atom. The van der Waals surface area contributed by atoms with Gasteiger partial charge in [-0.15, -0.1) is 0 Å². The highest BCUT2D eigenvalue weighted by Crippen LogP contribution is 2.33. The summed E-state index contributed by atoms with van der Waals surface area (Å²) in [5.74, 6) is -2.73. The van der Waals surface area contributed by atoms with E-state index in [2.05, 4.69) is 31.9 Å². The van der Waals surface area contributed by atoms with Crippen molar-refractivity contribution in [3.8, 4) is 0 Å². The molecule has 5 heteroatoms. The van der Waals surface area contributed by atoms with Crippen LogP contribution in [-0.4, -0.2) is 24.5 Å². The van der Waals surface area contributed by atoms with Gasteiger partial charge in [-0.2, -0.15) is 0 Å². The molecule has 0 heterocycles. The lowest BCUT2D eigenvalue weighted by atomic mass is 10.4. The minimum Gasteiger partial charge on any atom is -0.342 e. The number of aliphatic hydroxyl groups is 3. The van der Waals surface area contributed by atoms with Crippen molar-refractivity contribution < 1.29 is 15.3 Å². The maximum atomic E-state index is 8.37. The Morgan fingerprint density at radius 2 is 1.25 bits per heavy atom. The first-order chi connectivity index (χ1) is 3.25. The zero-order valence-electron chi connectivity index (χ0n) is 4.10. The van der Waals surface area contributed by atoms with Crippen LogP contribution in [0.4, 0.5) is 0 Å². The molecule has 0 aromatic rings. The first-order valence-electron chi connectivity index (χ1n) is 1.80. The molecule has 8 heavy (non-hydrogen) atoms. The minimum absolute atomic E-state index is 1.27. The van der Waals surface area contributed by atoms with Gasteiger partial charge >= 0.3 is 5.97 Å². The number of hydrogen-bond acceptors (Lipinski definition) is 3. The standard InChI is InChI=1S/C3H6Br2O3/c1-2(4,5)3(6,7)8/h6-8H,1H3. The zero-order chi connectivity index (χ0) is 7.00. The molecule has 0 bridgehead atoms. The average molecular weight is 250 g/mol. The summed E-state index contributed by atoms with van der Waals surface area (Å²) in [5, 5.41) is 25.1. The topological polar surface area (TPSA) is 60.7 Å². The molecule has 0 fully saturated rings. The Hall–Kier alpha value is 0.840. The molecule has 0 aromatic heterocycles. The highest BCUT2D eigenvalue weighted by molar-refractivity contribution is 9.25. The van der Waals surface area contributed by atoms with Crippen LogP contribution in [0.25, 0.3) is 0 Å². The van der Waals surface area contributed by atoms with Gasteiger partial charge < -0.3 is 15.3 Å². The Morgan fingerprint density at radius 3 is 1.25 bits per heavy atom. The summed E-state index contributed by atoms with van der Waals surface area (Å²) < 4.78 is -1.27. The van der Waals surface area contributed by atoms with E-state index >= 15 is 0 Å². The molecular weight excluding hydrogens is 244 g/mol. The fourth-order valence-corrected chi connectivity index (χ4v) is 0. The van der Waals surface area contributed by atoms with Crippen LogP contribution in [0.1, 0.15) is 6.92 Å². The van der Waals surface area contributed by atoms with E-state index < -0.39 is 9.21 Å². The van der Waals surface area contributed by atoms with E-state index in [4.69, 9.17) is 15.3 Å². The van der Waals surface area contributed by atoms with Crippen LogP contribution in [0.15, 0.2) is 0 Å². The molecule has 3 nitrogen and oxygen atoms in total. The number of rotatable bonds is 1. The number of hydrogen-bond donors (Lipinski definition) is 3. The van der Waals surface area contributed by atoms with E-state index in [9.17, 15) is 0 Å². The first kappa shape index (κ1) is 8.84. The summed E-state index contributed by atoms with van der Waals surface area (Å²) in [5.41, 5.74) is 0. The predicted octanol–water partition coefficient (Wildman–Crippen LogP) is 0.123. The number of halogens is 2. The average Bonchev–Trinajstić information content (AvgIpc) is 1.25. The third-order valence-electron chi connectivity index (χ3n) is 0.589. The fourth-order valence-electron chi connectivity index (χ4n) is 0. The molecule has 0 aromatic carbocycles. The molecule has 0 unspecified atom stereocenters. The molecule has 0 aliphatic carbocycles. The van der Waals surface area contributed by atoms with Crippen molar-refractivity contribution in [1.29, 1.82) is 0 Å². The lowest BCUT2D eigenvalue weighted by molar-refractivity contribution is -0.311. The van der Waals surface area contributed by atoms with Gasteiger partial charge in [-0.1, -0.05) is 31.9 Å². The Balaban J connectivity index is 4.02. The van der Waals surface area contributed by atoms with Crippen LogP contribution in [0.2, 0.25) is 0 Å². The molecule has 50 valence electrons. The van der Waals surface area contributed by atoms with Gasteiger partial charge in [0.25, 0.3) is 0 Å². The van der Waals surface area contributed by atoms with Gasteiger partial charge in [0.05, 0.1) is 0 Å². The molecule has 0 aliphatic heterocycles. The van der Waals surface area contributed by atoms with Crippen molar-refractivity contribution in [1.82, 2.24) is 0 Å². The minimum atomic E-state index is -2.73. The van der Waals surface area contributed by atoms with Gasteiger partial charge in [-0.25, -0.2) is 0 Å². The van der Waals surface area contributed by atoms with E-state index in [1.165, 1.54) is 6.92 Å². The second-order valence-corrected chi connectivity index (χ2v) is 5.76. The SMILES string of the molecule is CC(Br)(Br)C(O)(O)O. The van der Waals surface area contributed by atoms with Gasteiger partial charge in [0.2, 0.25) is 0 Å². The summed E-state index contributed by atoms with van der Waals surface area (Å²) in [4.78, 5) is 0. The van der Waals surface area contributed by atoms with Crippen LogP contribution in [0.5, 0.6) is 0 Å². The van der Waals surface area contributed by atoms with Gasteiger partial charge in [0.1, 0.15) is 0 Å². The van der Waals surface area contributed by atoms with E-state index in [-0.39, 0.29) is 0 Å². The lowest BCUT2D eigenvalue weighted by Gasteiger charge is -2.24. The maximum Gasteiger partial charge on any atom is 0.301 e. The summed E-state index contributed by atoms with van der Waals surface area (Å²) in [6.45, 7) is 1.35. The molecule has 0 atom stereocenters. The van der Waals surface area contributed by atoms with Gasteiger partial charge in [-0.3, -0.25) is 0 Å². The molecule has 0 saturated carbocycles. The van der Waals surface area contributed by atoms with Crippen LogP contribution in [0, 0.1) is 0 Å². The van der Waals surface area contributed by atoms with Gasteiger partial charge in [0.15, 0.2) is 3.23 Å². The number of alkyl halides is 2. The maximum absolute atomic E-state index is 8.37. The van der Waals surface area contributed by atoms with E-state index in [0.717, 1.165) is 0 Å². The smallest absolute Gasteiger partial charge is 0.301 e. The summed E-state index contributed by atoms with van der Waals surface area (Å²) >= 11 is 5.53. The van der Waals surface area contributed by atoms with Crippen LogP contribution in [-0.2, 0) is 0 Å². The summed E-state index contributed by atoms with van der Waals surface area (Å²) in [7, 11) is 0. The van der Waals surface area contributed by atoms with Crippen molar-refractivity contribution in [3.05, 3.63) is 0 Å². The van der Waals surface area contributed by atoms with Crippen LogP contribution >= 0.6 is 31.9 Å². The van der Waals surface area contributed by atoms with E-state index in [0.29, 0.717) is 0 Å². The third kappa shape index (κ3) is 2.41. The summed E-state index contributed by atoms with van der Waals surface area (Å²) in [6, 6.07) is 0. The largest absolute Gasteiger partial charge is 0.342 e. The Labute approximate surface area is 63.6 Å². The van der Waals surface area contributed by atoms with Gasteiger partial charge in [0, 0.05) is 0 Å². The van der Waals surface area contributed by atoms with E-state index in [1.54, 1.807) is 0 Å². The molecule has 3 N–H and O–H groups in total. The second-order valence-electron chi connectivity index (χ2n) is 1.52. The van der Waals surface area contributed by atoms with Crippen molar-refractivity contribution in [2.24, 2.45) is 0 Å². The van der Waals surface area contributed by atoms with E-state index in [1.807, 2.05) is 0 Å². The fraction of sp³-hybridized carbons (Fsp3) is 1.00. The molecule has 0 rings (SSSR count). The summed E-state index contributed by atoms with van der Waals surface area (Å²) in [6.07, 6.45) is 0. The van der Waals surface area contributed by atoms with Crippen LogP contribution < -0.4 is 0 Å². The molecule has 0 saturated heterocycles. The second kappa shape index (κ2) is 2.22. The van der Waals surface area contributed by atoms with Gasteiger partial charge in [-0.05, 0) is 6.92 Å². The zero-order valence-corrected chi connectivity index (χ0v) is 7.27. The quantitative estimate of drug-likeness (QED) is 0.457. The highest BCUT2D eigenvalue weighted by atomic mass is 79.9. The van der Waals surface area contributed by atoms with Crippen LogP contribution in [0.3, 0.4) is 0 Å². The van der Waals surface area contributed by atoms with Crippen molar-refractivity contribution in [3.63, 3.8) is 0 Å². The van der Waals surface area contributed by atoms with Crippen molar-refractivity contribution >= 4 is 31.9 Å². The molecule has 0 aliphatic rings. The molecule has 0 radical (unpaired) electrons. The predicted molar refractivity (Wildman–Crippen MR) is 35.6 cm³/mol. The monoisotopic (exact) mass is 248 g/mol. The molecule has 0 spiro atoms. The molecule has 0 amide bonds. The van der Waals surface area contributed by atoms with Crippen molar-refractivity contribution in [2.75, 3.05) is 0 Å². The third-order valence-corrected chi connectivity index (χ3v) is 1.65. The first-order valence-corrected chi connectivity index (χ1v) is 3.38. The Kier molecular flexibility index (Phi) is 2.46. The molecular formula is C3H6Br2O3. The highest BCUT2D eigenvalue weighted by Gasteiger charge is 2.40. The lowest BCUT2D eigenvalue weighted by Crippen LogP contribution is -2.43. The normalized spacial score (nSPS) is 14.2.